The van der Waals surface area contributed by atoms with Gasteiger partial charge in [0.15, 0.2) is 6.61 Å². The minimum absolute atomic E-state index is 0.374. The Labute approximate surface area is 191 Å². The van der Waals surface area contributed by atoms with Crippen molar-refractivity contribution in [2.75, 3.05) is 19.0 Å². The SMILES string of the molecule is CNC(=O)c1nn(-c2cc(OCC(F)(F)F)c(C(=O)Nc3c(F)cccc3F)cc2F)c(=O)n1C. The van der Waals surface area contributed by atoms with Crippen molar-refractivity contribution in [3.63, 3.8) is 0 Å². The topological polar surface area (TPSA) is 107 Å². The molecule has 0 aliphatic heterocycles. The number of hydrogen-bond acceptors (Lipinski definition) is 5. The first kappa shape index (κ1) is 25.3. The molecule has 0 aliphatic rings. The molecule has 0 atom stereocenters. The van der Waals surface area contributed by atoms with Crippen molar-refractivity contribution in [1.29, 1.82) is 0 Å². The molecule has 0 aliphatic carbocycles. The number of amides is 2. The molecule has 0 saturated heterocycles. The Morgan fingerprint density at radius 1 is 1.06 bits per heavy atom. The lowest BCUT2D eigenvalue weighted by Crippen LogP contribution is -2.26. The number of alkyl halides is 3. The van der Waals surface area contributed by atoms with Gasteiger partial charge < -0.3 is 15.4 Å². The van der Waals surface area contributed by atoms with Crippen LogP contribution in [-0.2, 0) is 7.05 Å². The molecule has 186 valence electrons. The Kier molecular flexibility index (Phi) is 6.89. The number of carbonyl (C=O) groups is 2. The van der Waals surface area contributed by atoms with E-state index in [2.05, 4.69) is 15.2 Å². The number of rotatable bonds is 6. The minimum atomic E-state index is -4.88. The number of aromatic nitrogens is 3. The van der Waals surface area contributed by atoms with Gasteiger partial charge in [-0.05, 0) is 18.2 Å². The van der Waals surface area contributed by atoms with Gasteiger partial charge in [-0.3, -0.25) is 14.2 Å². The average molecular weight is 503 g/mol. The summed E-state index contributed by atoms with van der Waals surface area (Å²) in [5, 5.41) is 7.67. The number of nitrogens with zero attached hydrogens (tertiary/aromatic N) is 3. The monoisotopic (exact) mass is 503 g/mol. The molecule has 0 bridgehead atoms. The summed E-state index contributed by atoms with van der Waals surface area (Å²) in [5.74, 6) is -7.30. The summed E-state index contributed by atoms with van der Waals surface area (Å²) in [6.07, 6.45) is -4.88. The van der Waals surface area contributed by atoms with E-state index in [1.165, 1.54) is 7.05 Å². The lowest BCUT2D eigenvalue weighted by atomic mass is 10.1. The van der Waals surface area contributed by atoms with Gasteiger partial charge in [0.2, 0.25) is 5.82 Å². The molecule has 15 heteroatoms. The highest BCUT2D eigenvalue weighted by Gasteiger charge is 2.31. The Balaban J connectivity index is 2.13. The first-order valence-corrected chi connectivity index (χ1v) is 9.51. The third kappa shape index (κ3) is 5.28. The minimum Gasteiger partial charge on any atom is -0.483 e. The maximum absolute atomic E-state index is 14.9. The maximum Gasteiger partial charge on any atom is 0.422 e. The number of para-hydroxylation sites is 1. The second-order valence-corrected chi connectivity index (χ2v) is 6.91. The third-order valence-corrected chi connectivity index (χ3v) is 4.53. The zero-order valence-electron chi connectivity index (χ0n) is 17.8. The molecule has 2 amide bonds. The second-order valence-electron chi connectivity index (χ2n) is 6.91. The van der Waals surface area contributed by atoms with E-state index < -0.39 is 76.3 Å². The maximum atomic E-state index is 14.9. The largest absolute Gasteiger partial charge is 0.483 e. The highest BCUT2D eigenvalue weighted by molar-refractivity contribution is 6.06. The smallest absolute Gasteiger partial charge is 0.422 e. The molecule has 2 aromatic carbocycles. The number of carbonyl (C=O) groups excluding carboxylic acids is 2. The number of benzene rings is 2. The number of nitrogens with one attached hydrogen (secondary N) is 2. The zero-order chi connectivity index (χ0) is 26.1. The fraction of sp³-hybridized carbons (Fsp3) is 0.200. The van der Waals surface area contributed by atoms with Crippen LogP contribution in [0.1, 0.15) is 21.0 Å². The van der Waals surface area contributed by atoms with Gasteiger partial charge in [-0.2, -0.15) is 17.9 Å². The highest BCUT2D eigenvalue weighted by Crippen LogP contribution is 2.29. The van der Waals surface area contributed by atoms with Crippen LogP contribution in [0.2, 0.25) is 0 Å². The Morgan fingerprint density at radius 2 is 1.69 bits per heavy atom. The number of ether oxygens (including phenoxy) is 1. The standard InChI is InChI=1S/C20H15F6N5O4/c1-27-18(33)16-29-31(19(34)30(16)2)13-7-14(35-8-20(24,25)26)9(6-12(13)23)17(32)28-15-10(21)4-3-5-11(15)22/h3-7H,8H2,1-2H3,(H,27,33)(H,28,32). The predicted molar refractivity (Wildman–Crippen MR) is 108 cm³/mol. The number of hydrogen-bond donors (Lipinski definition) is 2. The van der Waals surface area contributed by atoms with Crippen molar-refractivity contribution < 1.29 is 40.7 Å². The van der Waals surface area contributed by atoms with E-state index in [0.29, 0.717) is 16.8 Å². The van der Waals surface area contributed by atoms with Crippen LogP contribution >= 0.6 is 0 Å². The van der Waals surface area contributed by atoms with Crippen LogP contribution in [0.3, 0.4) is 0 Å². The molecule has 3 rings (SSSR count). The molecule has 0 fully saturated rings. The average Bonchev–Trinajstić information content (AvgIpc) is 3.08. The van der Waals surface area contributed by atoms with E-state index in [-0.39, 0.29) is 0 Å². The summed E-state index contributed by atoms with van der Waals surface area (Å²) in [7, 11) is 2.38. The van der Waals surface area contributed by atoms with Gasteiger partial charge in [0, 0.05) is 20.2 Å². The molecular formula is C20H15F6N5O4. The Hall–Kier alpha value is -4.30. The van der Waals surface area contributed by atoms with Gasteiger partial charge in [-0.25, -0.2) is 18.0 Å². The molecule has 2 N–H and O–H groups in total. The molecule has 9 nitrogen and oxygen atoms in total. The van der Waals surface area contributed by atoms with Crippen molar-refractivity contribution in [3.05, 3.63) is 69.7 Å². The summed E-state index contributed by atoms with van der Waals surface area (Å²) >= 11 is 0. The van der Waals surface area contributed by atoms with Gasteiger partial charge in [-0.15, -0.1) is 5.10 Å². The van der Waals surface area contributed by atoms with Gasteiger partial charge in [-0.1, -0.05) is 6.07 Å². The Morgan fingerprint density at radius 3 is 2.26 bits per heavy atom. The zero-order valence-corrected chi connectivity index (χ0v) is 17.8. The predicted octanol–water partition coefficient (Wildman–Crippen LogP) is 2.54. The normalized spacial score (nSPS) is 11.3. The van der Waals surface area contributed by atoms with Crippen LogP contribution in [0.25, 0.3) is 5.69 Å². The quantitative estimate of drug-likeness (QED) is 0.503. The van der Waals surface area contributed by atoms with Crippen LogP contribution in [-0.4, -0.2) is 46.0 Å². The highest BCUT2D eigenvalue weighted by atomic mass is 19.4. The van der Waals surface area contributed by atoms with E-state index in [1.54, 1.807) is 0 Å². The van der Waals surface area contributed by atoms with Gasteiger partial charge in [0.05, 0.1) is 5.56 Å². The van der Waals surface area contributed by atoms with E-state index in [4.69, 9.17) is 0 Å². The molecule has 35 heavy (non-hydrogen) atoms. The molecule has 0 unspecified atom stereocenters. The lowest BCUT2D eigenvalue weighted by Gasteiger charge is -2.15. The van der Waals surface area contributed by atoms with Crippen molar-refractivity contribution in [3.8, 4) is 11.4 Å². The van der Waals surface area contributed by atoms with E-state index >= 15 is 0 Å². The molecule has 0 radical (unpaired) electrons. The van der Waals surface area contributed by atoms with Gasteiger partial charge in [0.25, 0.3) is 11.8 Å². The lowest BCUT2D eigenvalue weighted by molar-refractivity contribution is -0.153. The van der Waals surface area contributed by atoms with E-state index in [0.717, 1.165) is 29.8 Å². The second kappa shape index (κ2) is 9.52. The first-order chi connectivity index (χ1) is 16.3. The molecule has 1 heterocycles. The van der Waals surface area contributed by atoms with Crippen LogP contribution < -0.4 is 21.1 Å². The number of anilines is 1. The van der Waals surface area contributed by atoms with Crippen LogP contribution in [0.15, 0.2) is 35.1 Å². The number of halogens is 6. The molecule has 1 aromatic heterocycles. The third-order valence-electron chi connectivity index (χ3n) is 4.53. The van der Waals surface area contributed by atoms with Crippen LogP contribution in [0, 0.1) is 17.5 Å². The van der Waals surface area contributed by atoms with Crippen molar-refractivity contribution in [2.45, 2.75) is 6.18 Å². The van der Waals surface area contributed by atoms with Gasteiger partial charge in [0.1, 0.15) is 34.6 Å². The summed E-state index contributed by atoms with van der Waals surface area (Å²) < 4.78 is 86.7. The van der Waals surface area contributed by atoms with Crippen molar-refractivity contribution in [1.82, 2.24) is 19.7 Å². The van der Waals surface area contributed by atoms with Crippen molar-refractivity contribution in [2.24, 2.45) is 7.05 Å². The summed E-state index contributed by atoms with van der Waals surface area (Å²) in [6, 6.07) is 3.58. The summed E-state index contributed by atoms with van der Waals surface area (Å²) in [4.78, 5) is 36.9. The fourth-order valence-electron chi connectivity index (χ4n) is 2.86. The Bertz CT molecular complexity index is 1350. The van der Waals surface area contributed by atoms with E-state index in [9.17, 15) is 40.7 Å². The van der Waals surface area contributed by atoms with Crippen molar-refractivity contribution >= 4 is 17.5 Å². The molecule has 0 saturated carbocycles. The molecule has 0 spiro atoms. The summed E-state index contributed by atoms with van der Waals surface area (Å²) in [5.41, 5.74) is -3.60. The van der Waals surface area contributed by atoms with Gasteiger partial charge >= 0.3 is 11.9 Å². The molecule has 3 aromatic rings. The van der Waals surface area contributed by atoms with E-state index in [1.807, 2.05) is 5.32 Å². The summed E-state index contributed by atoms with van der Waals surface area (Å²) in [6.45, 7) is -1.92. The first-order valence-electron chi connectivity index (χ1n) is 9.51. The molecular weight excluding hydrogens is 488 g/mol. The van der Waals surface area contributed by atoms with Crippen LogP contribution in [0.4, 0.5) is 32.0 Å². The fourth-order valence-corrected chi connectivity index (χ4v) is 2.86. The van der Waals surface area contributed by atoms with Crippen LogP contribution in [0.5, 0.6) is 5.75 Å².